The Kier molecular flexibility index (Phi) is 5.50. The van der Waals surface area contributed by atoms with Crippen LogP contribution >= 0.6 is 0 Å². The number of hydrogen-bond donors (Lipinski definition) is 2. The van der Waals surface area contributed by atoms with Gasteiger partial charge in [0.15, 0.2) is 0 Å². The summed E-state index contributed by atoms with van der Waals surface area (Å²) in [5.41, 5.74) is 0.620. The first-order chi connectivity index (χ1) is 10.6. The first kappa shape index (κ1) is 16.8. The molecule has 4 rings (SSSR count). The zero-order valence-electron chi connectivity index (χ0n) is 15.2. The molecule has 0 amide bonds. The van der Waals surface area contributed by atoms with Crippen molar-refractivity contribution in [3.63, 3.8) is 0 Å². The molecule has 0 saturated heterocycles. The number of nitrogens with one attached hydrogen (secondary N) is 2. The molecule has 0 aliphatic heterocycles. The van der Waals surface area contributed by atoms with Crippen LogP contribution in [0.25, 0.3) is 0 Å². The Balaban J connectivity index is 1.34. The van der Waals surface area contributed by atoms with Crippen molar-refractivity contribution in [1.82, 2.24) is 10.6 Å². The molecule has 4 atom stereocenters. The topological polar surface area (TPSA) is 24.1 Å². The molecule has 22 heavy (non-hydrogen) atoms. The molecule has 4 saturated carbocycles. The van der Waals surface area contributed by atoms with Gasteiger partial charge in [-0.1, -0.05) is 52.9 Å². The summed E-state index contributed by atoms with van der Waals surface area (Å²) in [5, 5.41) is 7.69. The van der Waals surface area contributed by atoms with Crippen LogP contribution in [0.4, 0.5) is 0 Å². The van der Waals surface area contributed by atoms with Gasteiger partial charge in [0, 0.05) is 25.2 Å². The summed E-state index contributed by atoms with van der Waals surface area (Å²) in [6.45, 7) is 9.79. The van der Waals surface area contributed by atoms with Crippen molar-refractivity contribution < 1.29 is 0 Å². The van der Waals surface area contributed by atoms with Gasteiger partial charge in [0.2, 0.25) is 0 Å². The molecule has 4 aliphatic rings. The van der Waals surface area contributed by atoms with Crippen molar-refractivity contribution in [1.29, 1.82) is 0 Å². The summed E-state index contributed by atoms with van der Waals surface area (Å²) >= 11 is 0. The molecule has 0 aromatic rings. The third-order valence-corrected chi connectivity index (χ3v) is 7.42. The fourth-order valence-electron chi connectivity index (χ4n) is 5.61. The number of fused-ring (bicyclic) bond motifs is 2. The molecular weight excluding hydrogens is 268 g/mol. The van der Waals surface area contributed by atoms with E-state index in [1.54, 1.807) is 0 Å². The quantitative estimate of drug-likeness (QED) is 0.738. The van der Waals surface area contributed by atoms with Gasteiger partial charge in [-0.3, -0.25) is 0 Å². The molecule has 2 bridgehead atoms. The summed E-state index contributed by atoms with van der Waals surface area (Å²) in [4.78, 5) is 0. The van der Waals surface area contributed by atoms with Crippen LogP contribution in [0.2, 0.25) is 0 Å². The lowest BCUT2D eigenvalue weighted by molar-refractivity contribution is -0.114. The standard InChI is InChI=1S/C20H38N2/c1-15-18-13-16(20(18,2)3)14-19(15)22-12-11-21-17-9-7-5-4-6-8-10-17/h15-19,21-22H,4-14H2,1-3H3/t15-,16?,18-,19-/m1/s1. The van der Waals surface area contributed by atoms with E-state index >= 15 is 0 Å². The van der Waals surface area contributed by atoms with Gasteiger partial charge < -0.3 is 10.6 Å². The van der Waals surface area contributed by atoms with Crippen molar-refractivity contribution in [2.24, 2.45) is 23.2 Å². The minimum atomic E-state index is 0.620. The Morgan fingerprint density at radius 3 is 2.14 bits per heavy atom. The van der Waals surface area contributed by atoms with Gasteiger partial charge in [-0.2, -0.15) is 0 Å². The zero-order chi connectivity index (χ0) is 15.6. The maximum Gasteiger partial charge on any atom is 0.00989 e. The van der Waals surface area contributed by atoms with Crippen LogP contribution < -0.4 is 10.6 Å². The van der Waals surface area contributed by atoms with Gasteiger partial charge in [-0.05, 0) is 48.9 Å². The molecule has 4 fully saturated rings. The van der Waals surface area contributed by atoms with E-state index in [0.29, 0.717) is 5.41 Å². The molecular formula is C20H38N2. The van der Waals surface area contributed by atoms with Gasteiger partial charge in [0.1, 0.15) is 0 Å². The fraction of sp³-hybridized carbons (Fsp3) is 1.00. The van der Waals surface area contributed by atoms with Crippen molar-refractivity contribution in [3.8, 4) is 0 Å². The van der Waals surface area contributed by atoms with Crippen molar-refractivity contribution >= 4 is 0 Å². The highest BCUT2D eigenvalue weighted by Gasteiger charge is 2.55. The Morgan fingerprint density at radius 1 is 0.864 bits per heavy atom. The largest absolute Gasteiger partial charge is 0.313 e. The monoisotopic (exact) mass is 306 g/mol. The van der Waals surface area contributed by atoms with E-state index in [1.807, 2.05) is 0 Å². The highest BCUT2D eigenvalue weighted by molar-refractivity contribution is 5.06. The molecule has 0 spiro atoms. The maximum atomic E-state index is 3.88. The predicted molar refractivity (Wildman–Crippen MR) is 95.1 cm³/mol. The van der Waals surface area contributed by atoms with Crippen LogP contribution in [-0.2, 0) is 0 Å². The van der Waals surface area contributed by atoms with Gasteiger partial charge in [0.25, 0.3) is 0 Å². The average molecular weight is 307 g/mol. The highest BCUT2D eigenvalue weighted by Crippen LogP contribution is 2.61. The molecule has 2 N–H and O–H groups in total. The van der Waals surface area contributed by atoms with E-state index in [1.165, 1.54) is 57.8 Å². The van der Waals surface area contributed by atoms with Gasteiger partial charge >= 0.3 is 0 Å². The third-order valence-electron chi connectivity index (χ3n) is 7.42. The van der Waals surface area contributed by atoms with Gasteiger partial charge in [-0.15, -0.1) is 0 Å². The number of rotatable bonds is 5. The average Bonchev–Trinajstić information content (AvgIpc) is 2.46. The van der Waals surface area contributed by atoms with E-state index in [2.05, 4.69) is 31.4 Å². The van der Waals surface area contributed by atoms with Crippen molar-refractivity contribution in [2.45, 2.75) is 90.6 Å². The molecule has 2 heteroatoms. The first-order valence-electron chi connectivity index (χ1n) is 10.1. The van der Waals surface area contributed by atoms with Crippen molar-refractivity contribution in [2.75, 3.05) is 13.1 Å². The summed E-state index contributed by atoms with van der Waals surface area (Å²) in [6.07, 6.45) is 12.9. The summed E-state index contributed by atoms with van der Waals surface area (Å²) in [5.74, 6) is 2.80. The Labute approximate surface area is 138 Å². The van der Waals surface area contributed by atoms with Crippen LogP contribution in [0.5, 0.6) is 0 Å². The second-order valence-electron chi connectivity index (χ2n) is 9.01. The maximum absolute atomic E-state index is 3.88. The second kappa shape index (κ2) is 7.21. The highest BCUT2D eigenvalue weighted by atomic mass is 15.0. The summed E-state index contributed by atoms with van der Waals surface area (Å²) in [7, 11) is 0. The predicted octanol–water partition coefficient (Wildman–Crippen LogP) is 4.35. The van der Waals surface area contributed by atoms with E-state index < -0.39 is 0 Å². The van der Waals surface area contributed by atoms with E-state index in [4.69, 9.17) is 0 Å². The molecule has 0 aromatic heterocycles. The smallest absolute Gasteiger partial charge is 0.00989 e. The van der Waals surface area contributed by atoms with Crippen LogP contribution in [0.15, 0.2) is 0 Å². The van der Waals surface area contributed by atoms with Gasteiger partial charge in [-0.25, -0.2) is 0 Å². The second-order valence-corrected chi connectivity index (χ2v) is 9.01. The van der Waals surface area contributed by atoms with Gasteiger partial charge in [0.05, 0.1) is 0 Å². The van der Waals surface area contributed by atoms with Crippen LogP contribution in [-0.4, -0.2) is 25.2 Å². The molecule has 0 radical (unpaired) electrons. The SMILES string of the molecule is C[C@@H]1[C@H]2CC(C[C@H]1NCCNC1CCCCCCC1)C2(C)C. The molecule has 1 unspecified atom stereocenters. The fourth-order valence-corrected chi connectivity index (χ4v) is 5.61. The molecule has 2 nitrogen and oxygen atoms in total. The van der Waals surface area contributed by atoms with Crippen LogP contribution in [0, 0.1) is 23.2 Å². The molecule has 0 heterocycles. The van der Waals surface area contributed by atoms with Crippen LogP contribution in [0.3, 0.4) is 0 Å². The summed E-state index contributed by atoms with van der Waals surface area (Å²) in [6, 6.07) is 1.56. The van der Waals surface area contributed by atoms with E-state index in [-0.39, 0.29) is 0 Å². The molecule has 128 valence electrons. The van der Waals surface area contributed by atoms with E-state index in [0.717, 1.165) is 42.9 Å². The summed E-state index contributed by atoms with van der Waals surface area (Å²) < 4.78 is 0. The Hall–Kier alpha value is -0.0800. The minimum absolute atomic E-state index is 0.620. The van der Waals surface area contributed by atoms with E-state index in [9.17, 15) is 0 Å². The minimum Gasteiger partial charge on any atom is -0.313 e. The van der Waals surface area contributed by atoms with Crippen molar-refractivity contribution in [3.05, 3.63) is 0 Å². The lowest BCUT2D eigenvalue weighted by atomic mass is 9.45. The van der Waals surface area contributed by atoms with Crippen LogP contribution in [0.1, 0.15) is 78.6 Å². The lowest BCUT2D eigenvalue weighted by Crippen LogP contribution is -2.60. The number of hydrogen-bond acceptors (Lipinski definition) is 2. The molecule has 0 aromatic carbocycles. The Morgan fingerprint density at radius 2 is 1.50 bits per heavy atom. The molecule has 4 aliphatic carbocycles. The Bertz CT molecular complexity index is 344. The lowest BCUT2D eigenvalue weighted by Gasteiger charge is -2.62. The third kappa shape index (κ3) is 3.53. The first-order valence-corrected chi connectivity index (χ1v) is 10.1. The zero-order valence-corrected chi connectivity index (χ0v) is 15.2. The normalized spacial score (nSPS) is 38.9.